The predicted molar refractivity (Wildman–Crippen MR) is 73.2 cm³/mol. The molecule has 0 radical (unpaired) electrons. The molecule has 0 saturated carbocycles. The van der Waals surface area contributed by atoms with E-state index in [-0.39, 0.29) is 18.0 Å². The molecule has 0 atom stereocenters. The van der Waals surface area contributed by atoms with Gasteiger partial charge in [-0.2, -0.15) is 0 Å². The molecular formula is C10H11BrN2O4S2. The minimum Gasteiger partial charge on any atom is -0.391 e. The molecule has 2 rings (SSSR count). The number of aliphatic hydroxyl groups excluding tert-OH is 1. The van der Waals surface area contributed by atoms with Crippen molar-refractivity contribution >= 4 is 37.3 Å². The van der Waals surface area contributed by atoms with Crippen molar-refractivity contribution in [1.29, 1.82) is 0 Å². The molecule has 0 fully saturated rings. The van der Waals surface area contributed by atoms with Gasteiger partial charge in [-0.15, -0.1) is 11.3 Å². The lowest BCUT2D eigenvalue weighted by Crippen LogP contribution is -2.22. The first-order valence-corrected chi connectivity index (χ1v) is 8.32. The number of nitrogens with zero attached hydrogens (tertiary/aromatic N) is 1. The van der Waals surface area contributed by atoms with E-state index >= 15 is 0 Å². The van der Waals surface area contributed by atoms with Crippen LogP contribution in [0.4, 0.5) is 0 Å². The monoisotopic (exact) mass is 366 g/mol. The zero-order chi connectivity index (χ0) is 14.0. The number of aryl methyl sites for hydroxylation is 1. The second-order valence-electron chi connectivity index (χ2n) is 3.77. The SMILES string of the molecule is Cc1cc(CNS(=O)(=O)c2cc(CO)sc2Br)on1. The summed E-state index contributed by atoms with van der Waals surface area (Å²) in [5, 5.41) is 12.7. The van der Waals surface area contributed by atoms with Crippen molar-refractivity contribution < 1.29 is 18.0 Å². The highest BCUT2D eigenvalue weighted by Crippen LogP contribution is 2.31. The minimum absolute atomic E-state index is 0.0277. The average molecular weight is 367 g/mol. The van der Waals surface area contributed by atoms with Gasteiger partial charge in [0.1, 0.15) is 4.90 Å². The molecule has 0 aromatic carbocycles. The topological polar surface area (TPSA) is 92.4 Å². The fourth-order valence-corrected chi connectivity index (χ4v) is 4.94. The summed E-state index contributed by atoms with van der Waals surface area (Å²) >= 11 is 4.36. The number of thiophene rings is 1. The number of halogens is 1. The maximum absolute atomic E-state index is 12.1. The third-order valence-electron chi connectivity index (χ3n) is 2.27. The maximum Gasteiger partial charge on any atom is 0.242 e. The van der Waals surface area contributed by atoms with Crippen molar-refractivity contribution in [3.05, 3.63) is 32.3 Å². The Hall–Kier alpha value is -0.740. The molecule has 2 N–H and O–H groups in total. The molecule has 2 aromatic heterocycles. The third kappa shape index (κ3) is 3.42. The number of aliphatic hydroxyl groups is 1. The van der Waals surface area contributed by atoms with E-state index in [0.29, 0.717) is 20.1 Å². The van der Waals surface area contributed by atoms with Crippen molar-refractivity contribution in [3.63, 3.8) is 0 Å². The van der Waals surface area contributed by atoms with Gasteiger partial charge in [0.25, 0.3) is 0 Å². The van der Waals surface area contributed by atoms with E-state index in [1.54, 1.807) is 13.0 Å². The van der Waals surface area contributed by atoms with Gasteiger partial charge in [-0.05, 0) is 28.9 Å². The van der Waals surface area contributed by atoms with Crippen LogP contribution in [0.25, 0.3) is 0 Å². The molecule has 19 heavy (non-hydrogen) atoms. The van der Waals surface area contributed by atoms with Crippen molar-refractivity contribution in [2.24, 2.45) is 0 Å². The highest BCUT2D eigenvalue weighted by atomic mass is 79.9. The second-order valence-corrected chi connectivity index (χ2v) is 7.96. The van der Waals surface area contributed by atoms with E-state index in [4.69, 9.17) is 9.63 Å². The molecule has 0 spiro atoms. The summed E-state index contributed by atoms with van der Waals surface area (Å²) < 4.78 is 32.0. The van der Waals surface area contributed by atoms with Crippen LogP contribution in [0.5, 0.6) is 0 Å². The Morgan fingerprint density at radius 2 is 2.26 bits per heavy atom. The summed E-state index contributed by atoms with van der Waals surface area (Å²) in [6, 6.07) is 3.09. The molecule has 0 aliphatic rings. The van der Waals surface area contributed by atoms with E-state index in [1.165, 1.54) is 17.4 Å². The number of sulfonamides is 1. The van der Waals surface area contributed by atoms with Crippen LogP contribution in [0.3, 0.4) is 0 Å². The van der Waals surface area contributed by atoms with Crippen molar-refractivity contribution in [2.45, 2.75) is 25.0 Å². The number of hydrogen-bond donors (Lipinski definition) is 2. The molecular weight excluding hydrogens is 356 g/mol. The van der Waals surface area contributed by atoms with E-state index in [9.17, 15) is 8.42 Å². The van der Waals surface area contributed by atoms with Crippen molar-refractivity contribution in [1.82, 2.24) is 9.88 Å². The number of aromatic nitrogens is 1. The van der Waals surface area contributed by atoms with Crippen LogP contribution in [-0.4, -0.2) is 18.7 Å². The Balaban J connectivity index is 2.15. The molecule has 2 aromatic rings. The Morgan fingerprint density at radius 3 is 2.79 bits per heavy atom. The van der Waals surface area contributed by atoms with Gasteiger partial charge in [0.2, 0.25) is 10.0 Å². The molecule has 104 valence electrons. The molecule has 0 unspecified atom stereocenters. The Labute approximate surface area is 122 Å². The largest absolute Gasteiger partial charge is 0.391 e. The lowest BCUT2D eigenvalue weighted by Gasteiger charge is -2.03. The van der Waals surface area contributed by atoms with Gasteiger partial charge in [-0.1, -0.05) is 5.16 Å². The van der Waals surface area contributed by atoms with Crippen LogP contribution < -0.4 is 4.72 Å². The van der Waals surface area contributed by atoms with Gasteiger partial charge in [0, 0.05) is 10.9 Å². The highest BCUT2D eigenvalue weighted by molar-refractivity contribution is 9.11. The molecule has 6 nitrogen and oxygen atoms in total. The summed E-state index contributed by atoms with van der Waals surface area (Å²) in [7, 11) is -3.65. The van der Waals surface area contributed by atoms with Crippen LogP contribution in [0, 0.1) is 6.92 Å². The van der Waals surface area contributed by atoms with Crippen LogP contribution in [0.1, 0.15) is 16.3 Å². The quantitative estimate of drug-likeness (QED) is 0.841. The van der Waals surface area contributed by atoms with Gasteiger partial charge in [0.15, 0.2) is 5.76 Å². The number of rotatable bonds is 5. The highest BCUT2D eigenvalue weighted by Gasteiger charge is 2.21. The number of hydrogen-bond acceptors (Lipinski definition) is 6. The first kappa shape index (κ1) is 14.7. The van der Waals surface area contributed by atoms with Crippen molar-refractivity contribution in [2.75, 3.05) is 0 Å². The first-order chi connectivity index (χ1) is 8.92. The van der Waals surface area contributed by atoms with E-state index in [0.717, 1.165) is 0 Å². The molecule has 0 aliphatic heterocycles. The Kier molecular flexibility index (Phi) is 4.41. The number of nitrogens with one attached hydrogen (secondary N) is 1. The van der Waals surface area contributed by atoms with Crippen molar-refractivity contribution in [3.8, 4) is 0 Å². The molecule has 9 heteroatoms. The summed E-state index contributed by atoms with van der Waals surface area (Å²) in [6.07, 6.45) is 0. The van der Waals surface area contributed by atoms with E-state index < -0.39 is 10.0 Å². The molecule has 0 saturated heterocycles. The average Bonchev–Trinajstić information content (AvgIpc) is 2.93. The first-order valence-electron chi connectivity index (χ1n) is 5.23. The fourth-order valence-electron chi connectivity index (χ4n) is 1.40. The second kappa shape index (κ2) is 5.71. The summed E-state index contributed by atoms with van der Waals surface area (Å²) in [5.41, 5.74) is 0.688. The van der Waals surface area contributed by atoms with Gasteiger partial charge >= 0.3 is 0 Å². The lowest BCUT2D eigenvalue weighted by molar-refractivity contribution is 0.285. The Morgan fingerprint density at radius 1 is 1.53 bits per heavy atom. The molecule has 0 bridgehead atoms. The lowest BCUT2D eigenvalue weighted by atomic mass is 10.4. The van der Waals surface area contributed by atoms with Crippen LogP contribution in [-0.2, 0) is 23.2 Å². The third-order valence-corrected chi connectivity index (χ3v) is 5.90. The van der Waals surface area contributed by atoms with Gasteiger partial charge in [-0.25, -0.2) is 13.1 Å². The molecule has 0 aliphatic carbocycles. The van der Waals surface area contributed by atoms with Crippen LogP contribution in [0.15, 0.2) is 25.3 Å². The minimum atomic E-state index is -3.65. The molecule has 0 amide bonds. The van der Waals surface area contributed by atoms with Crippen LogP contribution >= 0.6 is 27.3 Å². The summed E-state index contributed by atoms with van der Waals surface area (Å²) in [5.74, 6) is 0.440. The Bertz CT molecular complexity index is 678. The summed E-state index contributed by atoms with van der Waals surface area (Å²) in [4.78, 5) is 0.681. The normalized spacial score (nSPS) is 11.9. The summed E-state index contributed by atoms with van der Waals surface area (Å²) in [6.45, 7) is 1.59. The van der Waals surface area contributed by atoms with Gasteiger partial charge < -0.3 is 9.63 Å². The smallest absolute Gasteiger partial charge is 0.242 e. The zero-order valence-electron chi connectivity index (χ0n) is 9.88. The van der Waals surface area contributed by atoms with Gasteiger partial charge in [0.05, 0.1) is 22.6 Å². The van der Waals surface area contributed by atoms with E-state index in [1.807, 2.05) is 0 Å². The fraction of sp³-hybridized carbons (Fsp3) is 0.300. The predicted octanol–water partition coefficient (Wildman–Crippen LogP) is 1.78. The van der Waals surface area contributed by atoms with Gasteiger partial charge in [-0.3, -0.25) is 0 Å². The molecule has 2 heterocycles. The zero-order valence-corrected chi connectivity index (χ0v) is 13.1. The standard InChI is InChI=1S/C10H11BrN2O4S2/c1-6-2-7(17-13-6)4-12-19(15,16)9-3-8(5-14)18-10(9)11/h2-3,12,14H,4-5H2,1H3. The van der Waals surface area contributed by atoms with E-state index in [2.05, 4.69) is 25.8 Å². The maximum atomic E-state index is 12.1. The van der Waals surface area contributed by atoms with Crippen LogP contribution in [0.2, 0.25) is 0 Å².